The van der Waals surface area contributed by atoms with Gasteiger partial charge in [-0.15, -0.1) is 0 Å². The number of carbonyl (C=O) groups excluding carboxylic acids is 1. The summed E-state index contributed by atoms with van der Waals surface area (Å²) >= 11 is 0. The van der Waals surface area contributed by atoms with Crippen LogP contribution in [-0.4, -0.2) is 16.6 Å². The molecule has 0 fully saturated rings. The molecule has 0 atom stereocenters. The molecule has 2 aromatic carbocycles. The van der Waals surface area contributed by atoms with Crippen LogP contribution >= 0.6 is 0 Å². The van der Waals surface area contributed by atoms with Crippen LogP contribution in [0.3, 0.4) is 0 Å². The molecule has 2 aromatic rings. The van der Waals surface area contributed by atoms with Gasteiger partial charge in [0.1, 0.15) is 17.3 Å². The minimum Gasteiger partial charge on any atom is -0.506 e. The molecule has 0 radical (unpaired) electrons. The van der Waals surface area contributed by atoms with E-state index in [4.69, 9.17) is 4.74 Å². The number of amides is 1. The molecule has 22 heavy (non-hydrogen) atoms. The van der Waals surface area contributed by atoms with E-state index >= 15 is 0 Å². The maximum atomic E-state index is 12.9. The van der Waals surface area contributed by atoms with E-state index in [1.165, 1.54) is 24.3 Å². The van der Waals surface area contributed by atoms with E-state index in [1.54, 1.807) is 32.0 Å². The summed E-state index contributed by atoms with van der Waals surface area (Å²) in [4.78, 5) is 12.3. The van der Waals surface area contributed by atoms with E-state index in [-0.39, 0.29) is 11.6 Å². The predicted molar refractivity (Wildman–Crippen MR) is 82.6 cm³/mol. The second kappa shape index (κ2) is 6.05. The number of halogens is 1. The summed E-state index contributed by atoms with van der Waals surface area (Å²) in [6.07, 6.45) is 0. The summed E-state index contributed by atoms with van der Waals surface area (Å²) in [5, 5.41) is 12.5. The van der Waals surface area contributed by atoms with Crippen molar-refractivity contribution in [2.45, 2.75) is 26.4 Å². The number of benzene rings is 2. The molecule has 5 heteroatoms. The zero-order valence-electron chi connectivity index (χ0n) is 12.7. The van der Waals surface area contributed by atoms with Gasteiger partial charge < -0.3 is 15.2 Å². The van der Waals surface area contributed by atoms with Crippen LogP contribution in [0, 0.1) is 12.7 Å². The number of anilines is 1. The van der Waals surface area contributed by atoms with Crippen molar-refractivity contribution in [3.63, 3.8) is 0 Å². The summed E-state index contributed by atoms with van der Waals surface area (Å²) in [5.41, 5.74) is 0.0125. The third-order valence-electron chi connectivity index (χ3n) is 3.13. The number of hydrogen-bond acceptors (Lipinski definition) is 3. The first-order valence-corrected chi connectivity index (χ1v) is 6.83. The van der Waals surface area contributed by atoms with Gasteiger partial charge in [-0.25, -0.2) is 4.39 Å². The molecule has 0 aromatic heterocycles. The van der Waals surface area contributed by atoms with Crippen molar-refractivity contribution in [2.24, 2.45) is 0 Å². The lowest BCUT2D eigenvalue weighted by Crippen LogP contribution is -2.42. The Morgan fingerprint density at radius 3 is 2.41 bits per heavy atom. The number of phenols is 1. The highest BCUT2D eigenvalue weighted by molar-refractivity contribution is 5.98. The van der Waals surface area contributed by atoms with Crippen molar-refractivity contribution in [1.82, 2.24) is 0 Å². The Hall–Kier alpha value is -2.56. The normalized spacial score (nSPS) is 11.1. The van der Waals surface area contributed by atoms with Gasteiger partial charge in [0, 0.05) is 0 Å². The molecule has 0 unspecified atom stereocenters. The summed E-state index contributed by atoms with van der Waals surface area (Å²) in [6, 6.07) is 10.4. The Balaban J connectivity index is 2.11. The molecule has 0 spiro atoms. The van der Waals surface area contributed by atoms with Crippen molar-refractivity contribution in [3.05, 3.63) is 53.8 Å². The van der Waals surface area contributed by atoms with E-state index < -0.39 is 11.5 Å². The minimum absolute atomic E-state index is 0.00840. The van der Waals surface area contributed by atoms with E-state index in [1.807, 2.05) is 6.92 Å². The monoisotopic (exact) mass is 303 g/mol. The van der Waals surface area contributed by atoms with E-state index in [0.717, 1.165) is 5.56 Å². The van der Waals surface area contributed by atoms with Crippen LogP contribution in [0.2, 0.25) is 0 Å². The maximum absolute atomic E-state index is 12.9. The molecule has 116 valence electrons. The number of aryl methyl sites for hydroxylation is 1. The predicted octanol–water partition coefficient (Wildman–Crippen LogP) is 3.64. The second-order valence-electron chi connectivity index (χ2n) is 5.54. The van der Waals surface area contributed by atoms with E-state index in [2.05, 4.69) is 5.32 Å². The third kappa shape index (κ3) is 3.75. The smallest absolute Gasteiger partial charge is 0.268 e. The standard InChI is InChI=1S/C17H18FNO3/c1-11-4-9-14(15(20)10-11)19-16(21)17(2,3)22-13-7-5-12(18)6-8-13/h4-10,20H,1-3H3,(H,19,21). The molecule has 0 saturated heterocycles. The Bertz CT molecular complexity index is 681. The van der Waals surface area contributed by atoms with E-state index in [0.29, 0.717) is 11.4 Å². The first-order valence-electron chi connectivity index (χ1n) is 6.83. The van der Waals surface area contributed by atoms with E-state index in [9.17, 15) is 14.3 Å². The van der Waals surface area contributed by atoms with Gasteiger partial charge in [-0.3, -0.25) is 4.79 Å². The number of ether oxygens (including phenoxy) is 1. The van der Waals surface area contributed by atoms with Crippen molar-refractivity contribution < 1.29 is 19.0 Å². The fourth-order valence-electron chi connectivity index (χ4n) is 1.86. The largest absolute Gasteiger partial charge is 0.506 e. The summed E-state index contributed by atoms with van der Waals surface area (Å²) in [5.74, 6) is -0.421. The molecule has 2 rings (SSSR count). The van der Waals surface area contributed by atoms with Crippen molar-refractivity contribution in [3.8, 4) is 11.5 Å². The molecule has 2 N–H and O–H groups in total. The molecular weight excluding hydrogens is 285 g/mol. The summed E-state index contributed by atoms with van der Waals surface area (Å²) in [7, 11) is 0. The summed E-state index contributed by atoms with van der Waals surface area (Å²) in [6.45, 7) is 5.03. The molecule has 0 aliphatic rings. The highest BCUT2D eigenvalue weighted by Crippen LogP contribution is 2.26. The van der Waals surface area contributed by atoms with Crippen molar-refractivity contribution in [2.75, 3.05) is 5.32 Å². The maximum Gasteiger partial charge on any atom is 0.268 e. The number of carbonyl (C=O) groups is 1. The first-order chi connectivity index (χ1) is 10.3. The summed E-state index contributed by atoms with van der Waals surface area (Å²) < 4.78 is 18.5. The SMILES string of the molecule is Cc1ccc(NC(=O)C(C)(C)Oc2ccc(F)cc2)c(O)c1. The number of rotatable bonds is 4. The number of aromatic hydroxyl groups is 1. The van der Waals surface area contributed by atoms with Gasteiger partial charge in [0.05, 0.1) is 5.69 Å². The van der Waals surface area contributed by atoms with Crippen LogP contribution in [0.15, 0.2) is 42.5 Å². The lowest BCUT2D eigenvalue weighted by molar-refractivity contribution is -0.128. The van der Waals surface area contributed by atoms with Crippen LogP contribution in [0.1, 0.15) is 19.4 Å². The fourth-order valence-corrected chi connectivity index (χ4v) is 1.86. The topological polar surface area (TPSA) is 58.6 Å². The van der Waals surface area contributed by atoms with Crippen LogP contribution in [0.4, 0.5) is 10.1 Å². The average molecular weight is 303 g/mol. The lowest BCUT2D eigenvalue weighted by Gasteiger charge is -2.25. The molecule has 0 aliphatic heterocycles. The molecule has 1 amide bonds. The van der Waals surface area contributed by atoms with Crippen LogP contribution in [0.5, 0.6) is 11.5 Å². The quantitative estimate of drug-likeness (QED) is 0.848. The lowest BCUT2D eigenvalue weighted by atomic mass is 10.1. The van der Waals surface area contributed by atoms with Crippen molar-refractivity contribution in [1.29, 1.82) is 0 Å². The van der Waals surface area contributed by atoms with Gasteiger partial charge in [-0.1, -0.05) is 6.07 Å². The van der Waals surface area contributed by atoms with Gasteiger partial charge in [-0.2, -0.15) is 0 Å². The molecule has 4 nitrogen and oxygen atoms in total. The number of hydrogen-bond donors (Lipinski definition) is 2. The molecule has 0 saturated carbocycles. The highest BCUT2D eigenvalue weighted by Gasteiger charge is 2.30. The van der Waals surface area contributed by atoms with Crippen molar-refractivity contribution >= 4 is 11.6 Å². The Labute approximate surface area is 128 Å². The first kappa shape index (κ1) is 15.8. The van der Waals surface area contributed by atoms with Crippen LogP contribution in [0.25, 0.3) is 0 Å². The van der Waals surface area contributed by atoms with Gasteiger partial charge in [0.25, 0.3) is 5.91 Å². The minimum atomic E-state index is -1.19. The number of nitrogens with one attached hydrogen (secondary N) is 1. The van der Waals surface area contributed by atoms with Gasteiger partial charge in [-0.05, 0) is 62.7 Å². The Morgan fingerprint density at radius 2 is 1.82 bits per heavy atom. The van der Waals surface area contributed by atoms with Crippen LogP contribution < -0.4 is 10.1 Å². The fraction of sp³-hybridized carbons (Fsp3) is 0.235. The van der Waals surface area contributed by atoms with Gasteiger partial charge >= 0.3 is 0 Å². The van der Waals surface area contributed by atoms with Gasteiger partial charge in [0.2, 0.25) is 0 Å². The molecular formula is C17H18FNO3. The third-order valence-corrected chi connectivity index (χ3v) is 3.13. The zero-order chi connectivity index (χ0) is 16.3. The molecule has 0 heterocycles. The van der Waals surface area contributed by atoms with Gasteiger partial charge in [0.15, 0.2) is 5.60 Å². The average Bonchev–Trinajstić information content (AvgIpc) is 2.44. The second-order valence-corrected chi connectivity index (χ2v) is 5.54. The molecule has 0 bridgehead atoms. The highest BCUT2D eigenvalue weighted by atomic mass is 19.1. The Kier molecular flexibility index (Phi) is 4.35. The number of phenolic OH excluding ortho intramolecular Hbond substituents is 1. The zero-order valence-corrected chi connectivity index (χ0v) is 12.7. The molecule has 0 aliphatic carbocycles. The van der Waals surface area contributed by atoms with Crippen LogP contribution in [-0.2, 0) is 4.79 Å². The Morgan fingerprint density at radius 1 is 1.18 bits per heavy atom.